The van der Waals surface area contributed by atoms with Crippen LogP contribution in [0.15, 0.2) is 72.8 Å². The van der Waals surface area contributed by atoms with Gasteiger partial charge in [0.15, 0.2) is 6.61 Å². The standard InChI is InChI=1S/C22H16ClN3O2/c23-16-7-9-17(10-8-16)26-21(15-5-11-18(12-6-15)28-14-13-24)25-20-4-2-1-3-19(20)22(26)27/h1-12,21,25H,14H2/t21-/m1/s1. The van der Waals surface area contributed by atoms with Crippen molar-refractivity contribution in [2.24, 2.45) is 0 Å². The molecule has 6 heteroatoms. The summed E-state index contributed by atoms with van der Waals surface area (Å²) in [6, 6.07) is 23.9. The average molecular weight is 390 g/mol. The molecule has 0 saturated heterocycles. The number of nitrogens with zero attached hydrogens (tertiary/aromatic N) is 2. The molecule has 0 radical (unpaired) electrons. The number of para-hydroxylation sites is 1. The minimum absolute atomic E-state index is 0.0101. The maximum absolute atomic E-state index is 13.3. The van der Waals surface area contributed by atoms with Gasteiger partial charge in [0.05, 0.1) is 5.56 Å². The summed E-state index contributed by atoms with van der Waals surface area (Å²) in [5, 5.41) is 12.7. The number of anilines is 2. The van der Waals surface area contributed by atoms with E-state index in [9.17, 15) is 4.79 Å². The van der Waals surface area contributed by atoms with E-state index in [4.69, 9.17) is 21.6 Å². The van der Waals surface area contributed by atoms with Gasteiger partial charge in [-0.3, -0.25) is 9.69 Å². The third kappa shape index (κ3) is 3.38. The van der Waals surface area contributed by atoms with E-state index >= 15 is 0 Å². The molecule has 1 aliphatic heterocycles. The van der Waals surface area contributed by atoms with Gasteiger partial charge in [-0.05, 0) is 54.1 Å². The second-order valence-corrected chi connectivity index (χ2v) is 6.70. The third-order valence-corrected chi connectivity index (χ3v) is 4.78. The molecule has 0 bridgehead atoms. The van der Waals surface area contributed by atoms with Crippen molar-refractivity contribution in [3.05, 3.63) is 88.9 Å². The fourth-order valence-corrected chi connectivity index (χ4v) is 3.34. The summed E-state index contributed by atoms with van der Waals surface area (Å²) in [5.74, 6) is 0.511. The molecular formula is C22H16ClN3O2. The summed E-state index contributed by atoms with van der Waals surface area (Å²) in [6.45, 7) is -0.0101. The van der Waals surface area contributed by atoms with Crippen molar-refractivity contribution in [1.29, 1.82) is 5.26 Å². The molecule has 3 aromatic rings. The van der Waals surface area contributed by atoms with E-state index in [1.54, 1.807) is 29.2 Å². The summed E-state index contributed by atoms with van der Waals surface area (Å²) >= 11 is 6.02. The van der Waals surface area contributed by atoms with Crippen molar-refractivity contribution in [2.75, 3.05) is 16.8 Å². The number of carbonyl (C=O) groups excluding carboxylic acids is 1. The van der Waals surface area contributed by atoms with E-state index in [0.29, 0.717) is 16.3 Å². The largest absolute Gasteiger partial charge is 0.479 e. The topological polar surface area (TPSA) is 65.4 Å². The fourth-order valence-electron chi connectivity index (χ4n) is 3.22. The van der Waals surface area contributed by atoms with E-state index in [2.05, 4.69) is 5.32 Å². The normalized spacial score (nSPS) is 15.4. The lowest BCUT2D eigenvalue weighted by Crippen LogP contribution is -2.43. The first-order chi connectivity index (χ1) is 13.7. The number of rotatable bonds is 4. The molecule has 4 rings (SSSR count). The molecule has 1 amide bonds. The van der Waals surface area contributed by atoms with E-state index < -0.39 is 6.17 Å². The fraction of sp³-hybridized carbons (Fsp3) is 0.0909. The summed E-state index contributed by atoms with van der Waals surface area (Å²) in [7, 11) is 0. The van der Waals surface area contributed by atoms with Gasteiger partial charge in [0.25, 0.3) is 5.91 Å². The van der Waals surface area contributed by atoms with Gasteiger partial charge in [-0.15, -0.1) is 0 Å². The lowest BCUT2D eigenvalue weighted by atomic mass is 10.0. The molecule has 0 saturated carbocycles. The molecule has 0 aromatic heterocycles. The highest BCUT2D eigenvalue weighted by Gasteiger charge is 2.33. The Morgan fingerprint density at radius 3 is 2.46 bits per heavy atom. The first kappa shape index (κ1) is 17.9. The van der Waals surface area contributed by atoms with Gasteiger partial charge < -0.3 is 10.1 Å². The Hall–Kier alpha value is -3.49. The average Bonchev–Trinajstić information content (AvgIpc) is 2.73. The molecule has 0 spiro atoms. The number of hydrogen-bond acceptors (Lipinski definition) is 4. The minimum atomic E-state index is -0.395. The van der Waals surface area contributed by atoms with Gasteiger partial charge in [-0.2, -0.15) is 5.26 Å². The third-order valence-electron chi connectivity index (χ3n) is 4.53. The maximum atomic E-state index is 13.3. The van der Waals surface area contributed by atoms with Crippen LogP contribution in [0.3, 0.4) is 0 Å². The number of amides is 1. The van der Waals surface area contributed by atoms with Crippen molar-refractivity contribution in [3.8, 4) is 11.8 Å². The zero-order valence-corrected chi connectivity index (χ0v) is 15.6. The SMILES string of the molecule is N#CCOc1ccc([C@@H]2Nc3ccccc3C(=O)N2c2ccc(Cl)cc2)cc1. The number of fused-ring (bicyclic) bond motifs is 1. The number of benzene rings is 3. The Kier molecular flexibility index (Phi) is 4.88. The Bertz CT molecular complexity index is 1040. The molecule has 1 atom stereocenters. The Morgan fingerprint density at radius 1 is 1.04 bits per heavy atom. The highest BCUT2D eigenvalue weighted by molar-refractivity contribution is 6.30. The van der Waals surface area contributed by atoms with Crippen molar-refractivity contribution >= 4 is 28.9 Å². The predicted octanol–water partition coefficient (Wildman–Crippen LogP) is 5.01. The van der Waals surface area contributed by atoms with Crippen LogP contribution in [0.25, 0.3) is 0 Å². The number of ether oxygens (including phenoxy) is 1. The van der Waals surface area contributed by atoms with Crippen LogP contribution in [-0.4, -0.2) is 12.5 Å². The van der Waals surface area contributed by atoms with Gasteiger partial charge in [0.1, 0.15) is 18.0 Å². The van der Waals surface area contributed by atoms with Gasteiger partial charge in [-0.25, -0.2) is 0 Å². The van der Waals surface area contributed by atoms with Gasteiger partial charge in [0, 0.05) is 16.4 Å². The monoisotopic (exact) mass is 389 g/mol. The van der Waals surface area contributed by atoms with Crippen LogP contribution < -0.4 is 15.0 Å². The lowest BCUT2D eigenvalue weighted by molar-refractivity contribution is 0.0975. The Labute approximate surface area is 167 Å². The van der Waals surface area contributed by atoms with Crippen molar-refractivity contribution in [3.63, 3.8) is 0 Å². The summed E-state index contributed by atoms with van der Waals surface area (Å²) in [4.78, 5) is 15.0. The maximum Gasteiger partial charge on any atom is 0.262 e. The van der Waals surface area contributed by atoms with E-state index in [1.165, 1.54) is 0 Å². The van der Waals surface area contributed by atoms with Crippen LogP contribution >= 0.6 is 11.6 Å². The minimum Gasteiger partial charge on any atom is -0.479 e. The Morgan fingerprint density at radius 2 is 1.75 bits per heavy atom. The Balaban J connectivity index is 1.75. The summed E-state index contributed by atoms with van der Waals surface area (Å²) < 4.78 is 5.32. The molecule has 5 nitrogen and oxygen atoms in total. The summed E-state index contributed by atoms with van der Waals surface area (Å²) in [5.41, 5.74) is 3.03. The molecule has 0 unspecified atom stereocenters. The number of hydrogen-bond donors (Lipinski definition) is 1. The molecule has 0 aliphatic carbocycles. The van der Waals surface area contributed by atoms with E-state index in [0.717, 1.165) is 16.9 Å². The second-order valence-electron chi connectivity index (χ2n) is 6.26. The van der Waals surface area contributed by atoms with Crippen LogP contribution in [0, 0.1) is 11.3 Å². The van der Waals surface area contributed by atoms with Crippen molar-refractivity contribution in [2.45, 2.75) is 6.17 Å². The van der Waals surface area contributed by atoms with Gasteiger partial charge in [-0.1, -0.05) is 35.9 Å². The van der Waals surface area contributed by atoms with Crippen LogP contribution in [0.5, 0.6) is 5.75 Å². The zero-order valence-electron chi connectivity index (χ0n) is 14.8. The highest BCUT2D eigenvalue weighted by Crippen LogP contribution is 2.37. The highest BCUT2D eigenvalue weighted by atomic mass is 35.5. The molecule has 1 N–H and O–H groups in total. The molecule has 3 aromatic carbocycles. The molecule has 0 fully saturated rings. The van der Waals surface area contributed by atoms with Crippen LogP contribution in [0.1, 0.15) is 22.1 Å². The molecule has 1 aliphatic rings. The first-order valence-electron chi connectivity index (χ1n) is 8.72. The van der Waals surface area contributed by atoms with Gasteiger partial charge in [0.2, 0.25) is 0 Å². The van der Waals surface area contributed by atoms with Gasteiger partial charge >= 0.3 is 0 Å². The van der Waals surface area contributed by atoms with Crippen LogP contribution in [0.2, 0.25) is 5.02 Å². The lowest BCUT2D eigenvalue weighted by Gasteiger charge is -2.38. The first-order valence-corrected chi connectivity index (χ1v) is 9.09. The van der Waals surface area contributed by atoms with E-state index in [-0.39, 0.29) is 12.5 Å². The number of carbonyl (C=O) groups is 1. The quantitative estimate of drug-likeness (QED) is 0.680. The predicted molar refractivity (Wildman–Crippen MR) is 109 cm³/mol. The zero-order chi connectivity index (χ0) is 19.5. The number of nitriles is 1. The second kappa shape index (κ2) is 7.63. The van der Waals surface area contributed by atoms with Crippen molar-refractivity contribution < 1.29 is 9.53 Å². The summed E-state index contributed by atoms with van der Waals surface area (Å²) in [6.07, 6.45) is -0.395. The smallest absolute Gasteiger partial charge is 0.262 e. The van der Waals surface area contributed by atoms with Crippen LogP contribution in [0.4, 0.5) is 11.4 Å². The molecule has 1 heterocycles. The molecular weight excluding hydrogens is 374 g/mol. The number of nitrogens with one attached hydrogen (secondary N) is 1. The van der Waals surface area contributed by atoms with Crippen molar-refractivity contribution in [1.82, 2.24) is 0 Å². The van der Waals surface area contributed by atoms with Crippen LogP contribution in [-0.2, 0) is 0 Å². The number of halogens is 1. The van der Waals surface area contributed by atoms with E-state index in [1.807, 2.05) is 54.6 Å². The molecule has 28 heavy (non-hydrogen) atoms. The molecule has 138 valence electrons.